The van der Waals surface area contributed by atoms with Crippen LogP contribution in [-0.4, -0.2) is 34.4 Å². The van der Waals surface area contributed by atoms with E-state index >= 15 is 0 Å². The lowest BCUT2D eigenvalue weighted by Gasteiger charge is -2.19. The second-order valence-electron chi connectivity index (χ2n) is 3.16. The van der Waals surface area contributed by atoms with Crippen LogP contribution in [0.2, 0.25) is 0 Å². The van der Waals surface area contributed by atoms with E-state index in [1.807, 2.05) is 0 Å². The molecule has 1 heterocycles. The van der Waals surface area contributed by atoms with E-state index in [1.165, 1.54) is 6.42 Å². The van der Waals surface area contributed by atoms with E-state index in [0.29, 0.717) is 5.37 Å². The van der Waals surface area contributed by atoms with Gasteiger partial charge in [-0.2, -0.15) is 12.6 Å². The first-order valence-corrected chi connectivity index (χ1v) is 4.85. The number of carbonyl (C=O) groups is 1. The molecule has 4 heteroatoms. The Labute approximate surface area is 78.2 Å². The summed E-state index contributed by atoms with van der Waals surface area (Å²) in [5.74, 6) is -0.704. The Morgan fingerprint density at radius 3 is 2.92 bits per heavy atom. The van der Waals surface area contributed by atoms with Crippen LogP contribution in [0, 0.1) is 0 Å². The van der Waals surface area contributed by atoms with Crippen molar-refractivity contribution < 1.29 is 9.90 Å². The van der Waals surface area contributed by atoms with E-state index in [0.717, 1.165) is 25.9 Å². The molecule has 3 nitrogen and oxygen atoms in total. The molecule has 0 spiro atoms. The number of thiol groups is 1. The number of likely N-dealkylation sites (tertiary alicyclic amines) is 1. The molecule has 12 heavy (non-hydrogen) atoms. The van der Waals surface area contributed by atoms with Crippen molar-refractivity contribution in [2.45, 2.75) is 31.1 Å². The number of hydrogen-bond acceptors (Lipinski definition) is 3. The minimum atomic E-state index is -0.704. The van der Waals surface area contributed by atoms with Crippen molar-refractivity contribution in [3.63, 3.8) is 0 Å². The molecule has 1 saturated heterocycles. The molecule has 70 valence electrons. The Morgan fingerprint density at radius 2 is 2.42 bits per heavy atom. The van der Waals surface area contributed by atoms with Crippen LogP contribution in [0.25, 0.3) is 0 Å². The Hall–Kier alpha value is -0.220. The Morgan fingerprint density at radius 1 is 1.67 bits per heavy atom. The van der Waals surface area contributed by atoms with Gasteiger partial charge in [0.2, 0.25) is 0 Å². The number of carboxylic acids is 1. The monoisotopic (exact) mass is 189 g/mol. The molecule has 0 aromatic heterocycles. The topological polar surface area (TPSA) is 40.5 Å². The summed E-state index contributed by atoms with van der Waals surface area (Å²) >= 11 is 4.39. The van der Waals surface area contributed by atoms with Gasteiger partial charge in [-0.1, -0.05) is 0 Å². The van der Waals surface area contributed by atoms with Crippen molar-refractivity contribution in [3.05, 3.63) is 0 Å². The number of rotatable bonds is 4. The van der Waals surface area contributed by atoms with E-state index in [9.17, 15) is 4.79 Å². The van der Waals surface area contributed by atoms with Crippen LogP contribution < -0.4 is 0 Å². The summed E-state index contributed by atoms with van der Waals surface area (Å²) in [6.07, 6.45) is 3.35. The lowest BCUT2D eigenvalue weighted by Crippen LogP contribution is -2.26. The zero-order chi connectivity index (χ0) is 8.97. The molecular formula is C8H15NO2S. The molecule has 1 atom stereocenters. The molecule has 0 bridgehead atoms. The lowest BCUT2D eigenvalue weighted by atomic mass is 10.3. The molecule has 1 aliphatic rings. The minimum Gasteiger partial charge on any atom is -0.481 e. The third-order valence-corrected chi connectivity index (χ3v) is 2.75. The largest absolute Gasteiger partial charge is 0.481 e. The van der Waals surface area contributed by atoms with Gasteiger partial charge in [-0.25, -0.2) is 0 Å². The summed E-state index contributed by atoms with van der Waals surface area (Å²) in [6.45, 7) is 1.95. The van der Waals surface area contributed by atoms with E-state index in [-0.39, 0.29) is 6.42 Å². The number of nitrogens with zero attached hydrogens (tertiary/aromatic N) is 1. The molecule has 0 aliphatic carbocycles. The normalized spacial score (nSPS) is 24.6. The van der Waals surface area contributed by atoms with E-state index < -0.39 is 5.97 Å². The molecule has 0 aromatic carbocycles. The third kappa shape index (κ3) is 3.03. The Balaban J connectivity index is 2.10. The average Bonchev–Trinajstić information content (AvgIpc) is 2.36. The molecule has 1 rings (SSSR count). The van der Waals surface area contributed by atoms with Gasteiger partial charge in [0.15, 0.2) is 0 Å². The van der Waals surface area contributed by atoms with Crippen LogP contribution in [0.15, 0.2) is 0 Å². The molecule has 0 amide bonds. The third-order valence-electron chi connectivity index (χ3n) is 2.17. The van der Waals surface area contributed by atoms with Gasteiger partial charge in [0.25, 0.3) is 0 Å². The number of carboxylic acid groups (broad SMARTS) is 1. The maximum absolute atomic E-state index is 10.2. The average molecular weight is 189 g/mol. The Bertz CT molecular complexity index is 163. The number of aliphatic carboxylic acids is 1. The maximum atomic E-state index is 10.2. The van der Waals surface area contributed by atoms with Crippen LogP contribution in [-0.2, 0) is 4.79 Å². The zero-order valence-electron chi connectivity index (χ0n) is 7.07. The standard InChI is InChI=1S/C8H15NO2S/c10-8(11)4-2-6-9-5-1-3-7(9)12/h7,12H,1-6H2,(H,10,11)/t7-/m0/s1. The van der Waals surface area contributed by atoms with Crippen molar-refractivity contribution in [1.29, 1.82) is 0 Å². The molecular weight excluding hydrogens is 174 g/mol. The molecule has 0 saturated carbocycles. The van der Waals surface area contributed by atoms with E-state index in [2.05, 4.69) is 17.5 Å². The van der Waals surface area contributed by atoms with Crippen LogP contribution >= 0.6 is 12.6 Å². The van der Waals surface area contributed by atoms with Crippen molar-refractivity contribution in [3.8, 4) is 0 Å². The predicted molar refractivity (Wildman–Crippen MR) is 50.5 cm³/mol. The smallest absolute Gasteiger partial charge is 0.303 e. The van der Waals surface area contributed by atoms with Gasteiger partial charge < -0.3 is 5.11 Å². The van der Waals surface area contributed by atoms with E-state index in [4.69, 9.17) is 5.11 Å². The molecule has 0 radical (unpaired) electrons. The van der Waals surface area contributed by atoms with Crippen molar-refractivity contribution in [1.82, 2.24) is 4.90 Å². The highest BCUT2D eigenvalue weighted by Gasteiger charge is 2.20. The highest BCUT2D eigenvalue weighted by atomic mass is 32.1. The zero-order valence-corrected chi connectivity index (χ0v) is 7.96. The van der Waals surface area contributed by atoms with Crippen molar-refractivity contribution in [2.75, 3.05) is 13.1 Å². The van der Waals surface area contributed by atoms with Gasteiger partial charge in [0.05, 0.1) is 5.37 Å². The van der Waals surface area contributed by atoms with Gasteiger partial charge >= 0.3 is 5.97 Å². The summed E-state index contributed by atoms with van der Waals surface area (Å²) < 4.78 is 0. The van der Waals surface area contributed by atoms with Gasteiger partial charge in [-0.15, -0.1) is 0 Å². The maximum Gasteiger partial charge on any atom is 0.303 e. The summed E-state index contributed by atoms with van der Waals surface area (Å²) in [4.78, 5) is 12.5. The SMILES string of the molecule is O=C(O)CCCN1CCC[C@@H]1S. The fourth-order valence-electron chi connectivity index (χ4n) is 1.50. The second kappa shape index (κ2) is 4.72. The van der Waals surface area contributed by atoms with Gasteiger partial charge in [0, 0.05) is 6.42 Å². The van der Waals surface area contributed by atoms with Gasteiger partial charge in [0.1, 0.15) is 0 Å². The number of hydrogen-bond donors (Lipinski definition) is 2. The van der Waals surface area contributed by atoms with E-state index in [1.54, 1.807) is 0 Å². The summed E-state index contributed by atoms with van der Waals surface area (Å²) in [5.41, 5.74) is 0. The predicted octanol–water partition coefficient (Wildman–Crippen LogP) is 1.20. The molecule has 1 N–H and O–H groups in total. The quantitative estimate of drug-likeness (QED) is 0.653. The molecule has 1 fully saturated rings. The highest BCUT2D eigenvalue weighted by molar-refractivity contribution is 7.80. The molecule has 0 aromatic rings. The van der Waals surface area contributed by atoms with Crippen molar-refractivity contribution in [2.24, 2.45) is 0 Å². The highest BCUT2D eigenvalue weighted by Crippen LogP contribution is 2.19. The molecule has 1 aliphatic heterocycles. The fourth-order valence-corrected chi connectivity index (χ4v) is 1.92. The van der Waals surface area contributed by atoms with Crippen LogP contribution in [0.3, 0.4) is 0 Å². The Kier molecular flexibility index (Phi) is 3.88. The lowest BCUT2D eigenvalue weighted by molar-refractivity contribution is -0.137. The van der Waals surface area contributed by atoms with Gasteiger partial charge in [-0.3, -0.25) is 9.69 Å². The fraction of sp³-hybridized carbons (Fsp3) is 0.875. The first-order chi connectivity index (χ1) is 5.70. The second-order valence-corrected chi connectivity index (χ2v) is 3.75. The van der Waals surface area contributed by atoms with Crippen LogP contribution in [0.4, 0.5) is 0 Å². The first-order valence-electron chi connectivity index (χ1n) is 4.34. The molecule has 0 unspecified atom stereocenters. The van der Waals surface area contributed by atoms with Crippen LogP contribution in [0.1, 0.15) is 25.7 Å². The summed E-state index contributed by atoms with van der Waals surface area (Å²) in [5, 5.41) is 8.78. The van der Waals surface area contributed by atoms with Crippen LogP contribution in [0.5, 0.6) is 0 Å². The van der Waals surface area contributed by atoms with Crippen molar-refractivity contribution >= 4 is 18.6 Å². The summed E-state index contributed by atoms with van der Waals surface area (Å²) in [7, 11) is 0. The summed E-state index contributed by atoms with van der Waals surface area (Å²) in [6, 6.07) is 0. The first kappa shape index (κ1) is 9.86. The minimum absolute atomic E-state index is 0.275. The van der Waals surface area contributed by atoms with Gasteiger partial charge in [-0.05, 0) is 32.4 Å².